The number of nitrogens with zero attached hydrogens (tertiary/aromatic N) is 3. The summed E-state index contributed by atoms with van der Waals surface area (Å²) < 4.78 is 1.98. The number of aromatic nitrogens is 2. The first-order valence-electron chi connectivity index (χ1n) is 7.10. The maximum absolute atomic E-state index is 5.98. The van der Waals surface area contributed by atoms with Crippen LogP contribution in [-0.2, 0) is 6.54 Å². The van der Waals surface area contributed by atoms with Gasteiger partial charge in [0.15, 0.2) is 0 Å². The quantitative estimate of drug-likeness (QED) is 0.919. The van der Waals surface area contributed by atoms with Gasteiger partial charge in [-0.25, -0.2) is 4.98 Å². The molecule has 0 spiro atoms. The number of nitrogens with one attached hydrogen (secondary N) is 1. The van der Waals surface area contributed by atoms with E-state index < -0.39 is 0 Å². The van der Waals surface area contributed by atoms with Gasteiger partial charge in [-0.1, -0.05) is 11.6 Å². The van der Waals surface area contributed by atoms with Gasteiger partial charge in [-0.3, -0.25) is 0 Å². The molecular formula is C15H21ClN4. The highest BCUT2D eigenvalue weighted by molar-refractivity contribution is 6.30. The average molecular weight is 293 g/mol. The fourth-order valence-electron chi connectivity index (χ4n) is 2.89. The Morgan fingerprint density at radius 1 is 1.35 bits per heavy atom. The van der Waals surface area contributed by atoms with Gasteiger partial charge >= 0.3 is 0 Å². The van der Waals surface area contributed by atoms with Crippen molar-refractivity contribution in [3.8, 4) is 0 Å². The third-order valence-corrected chi connectivity index (χ3v) is 4.68. The molecular weight excluding hydrogens is 272 g/mol. The number of imidazole rings is 1. The van der Waals surface area contributed by atoms with Crippen molar-refractivity contribution in [1.29, 1.82) is 0 Å². The van der Waals surface area contributed by atoms with Crippen molar-refractivity contribution in [3.05, 3.63) is 35.2 Å². The Kier molecular flexibility index (Phi) is 3.71. The molecule has 2 aromatic heterocycles. The highest BCUT2D eigenvalue weighted by Crippen LogP contribution is 2.35. The molecule has 4 nitrogen and oxygen atoms in total. The summed E-state index contributed by atoms with van der Waals surface area (Å²) in [5.74, 6) is 0. The lowest BCUT2D eigenvalue weighted by atomic mass is 9.75. The van der Waals surface area contributed by atoms with E-state index in [1.54, 1.807) is 0 Å². The highest BCUT2D eigenvalue weighted by atomic mass is 35.5. The predicted octanol–water partition coefficient (Wildman–Crippen LogP) is 2.56. The van der Waals surface area contributed by atoms with Crippen molar-refractivity contribution in [1.82, 2.24) is 19.6 Å². The summed E-state index contributed by atoms with van der Waals surface area (Å²) in [6.07, 6.45) is 7.84. The maximum atomic E-state index is 5.98. The number of likely N-dealkylation sites (N-methyl/N-ethyl adjacent to an activating group) is 1. The fraction of sp³-hybridized carbons (Fsp3) is 0.533. The van der Waals surface area contributed by atoms with Crippen molar-refractivity contribution >= 4 is 17.2 Å². The largest absolute Gasteiger partial charge is 0.309 e. The first-order valence-corrected chi connectivity index (χ1v) is 7.48. The van der Waals surface area contributed by atoms with Crippen LogP contribution in [0.2, 0.25) is 5.02 Å². The van der Waals surface area contributed by atoms with Gasteiger partial charge in [0, 0.05) is 31.0 Å². The molecule has 1 aliphatic carbocycles. The number of halogens is 1. The molecule has 0 atom stereocenters. The van der Waals surface area contributed by atoms with Crippen LogP contribution in [0.1, 0.15) is 25.0 Å². The van der Waals surface area contributed by atoms with Crippen LogP contribution in [0.5, 0.6) is 0 Å². The first kappa shape index (κ1) is 13.9. The summed E-state index contributed by atoms with van der Waals surface area (Å²) in [6.45, 7) is 1.82. The van der Waals surface area contributed by atoms with E-state index in [-0.39, 0.29) is 0 Å². The molecule has 20 heavy (non-hydrogen) atoms. The lowest BCUT2D eigenvalue weighted by Crippen LogP contribution is -2.56. The van der Waals surface area contributed by atoms with Gasteiger partial charge in [-0.2, -0.15) is 0 Å². The molecule has 108 valence electrons. The maximum Gasteiger partial charge on any atom is 0.137 e. The molecule has 0 bridgehead atoms. The van der Waals surface area contributed by atoms with E-state index in [0.717, 1.165) is 29.5 Å². The minimum atomic E-state index is 0.350. The third-order valence-electron chi connectivity index (χ3n) is 4.46. The standard InChI is InChI=1S/C15H21ClN4/c1-19(2)15(6-3-7-15)11-17-8-13-10-20-9-12(16)4-5-14(20)18-13/h4-5,9-10,17H,3,6-8,11H2,1-2H3. The SMILES string of the molecule is CN(C)C1(CNCc2cn3cc(Cl)ccc3n2)CCC1. The van der Waals surface area contributed by atoms with E-state index >= 15 is 0 Å². The molecule has 2 heterocycles. The van der Waals surface area contributed by atoms with Gasteiger partial charge in [0.05, 0.1) is 10.7 Å². The summed E-state index contributed by atoms with van der Waals surface area (Å²) in [7, 11) is 4.35. The third kappa shape index (κ3) is 2.55. The van der Waals surface area contributed by atoms with E-state index in [2.05, 4.69) is 29.3 Å². The summed E-state index contributed by atoms with van der Waals surface area (Å²) in [5, 5.41) is 4.28. The van der Waals surface area contributed by atoms with Gasteiger partial charge in [-0.15, -0.1) is 0 Å². The predicted molar refractivity (Wildman–Crippen MR) is 82.2 cm³/mol. The van der Waals surface area contributed by atoms with Gasteiger partial charge in [0.1, 0.15) is 5.65 Å². The van der Waals surface area contributed by atoms with E-state index in [9.17, 15) is 0 Å². The zero-order valence-corrected chi connectivity index (χ0v) is 12.8. The number of rotatable bonds is 5. The van der Waals surface area contributed by atoms with Crippen molar-refractivity contribution < 1.29 is 0 Å². The van der Waals surface area contributed by atoms with Gasteiger partial charge < -0.3 is 14.6 Å². The molecule has 1 saturated carbocycles. The number of hydrogen-bond donors (Lipinski definition) is 1. The second kappa shape index (κ2) is 5.35. The van der Waals surface area contributed by atoms with E-state index in [0.29, 0.717) is 5.54 Å². The second-order valence-corrected chi connectivity index (χ2v) is 6.36. The summed E-state index contributed by atoms with van der Waals surface area (Å²) in [6, 6.07) is 3.82. The Morgan fingerprint density at radius 3 is 2.80 bits per heavy atom. The van der Waals surface area contributed by atoms with E-state index in [1.165, 1.54) is 19.3 Å². The van der Waals surface area contributed by atoms with E-state index in [1.807, 2.05) is 28.9 Å². The molecule has 0 radical (unpaired) electrons. The zero-order valence-electron chi connectivity index (χ0n) is 12.1. The van der Waals surface area contributed by atoms with Crippen molar-refractivity contribution in [2.24, 2.45) is 0 Å². The molecule has 0 aromatic carbocycles. The number of hydrogen-bond acceptors (Lipinski definition) is 3. The van der Waals surface area contributed by atoms with Crippen molar-refractivity contribution in [2.75, 3.05) is 20.6 Å². The molecule has 1 fully saturated rings. The van der Waals surface area contributed by atoms with Gasteiger partial charge in [-0.05, 0) is 45.5 Å². The topological polar surface area (TPSA) is 32.6 Å². The lowest BCUT2D eigenvalue weighted by Gasteiger charge is -2.47. The van der Waals surface area contributed by atoms with Crippen LogP contribution in [0, 0.1) is 0 Å². The fourth-order valence-corrected chi connectivity index (χ4v) is 3.06. The van der Waals surface area contributed by atoms with Crippen LogP contribution < -0.4 is 5.32 Å². The minimum Gasteiger partial charge on any atom is -0.309 e. The average Bonchev–Trinajstić information content (AvgIpc) is 2.73. The van der Waals surface area contributed by atoms with Crippen molar-refractivity contribution in [3.63, 3.8) is 0 Å². The smallest absolute Gasteiger partial charge is 0.137 e. The number of fused-ring (bicyclic) bond motifs is 1. The molecule has 0 amide bonds. The first-order chi connectivity index (χ1) is 9.59. The summed E-state index contributed by atoms with van der Waals surface area (Å²) >= 11 is 5.98. The molecule has 0 aliphatic heterocycles. The summed E-state index contributed by atoms with van der Waals surface area (Å²) in [5.41, 5.74) is 2.35. The van der Waals surface area contributed by atoms with Crippen LogP contribution >= 0.6 is 11.6 Å². The van der Waals surface area contributed by atoms with Crippen LogP contribution in [0.4, 0.5) is 0 Å². The number of pyridine rings is 1. The summed E-state index contributed by atoms with van der Waals surface area (Å²) in [4.78, 5) is 6.94. The lowest BCUT2D eigenvalue weighted by molar-refractivity contribution is 0.0597. The van der Waals surface area contributed by atoms with Crippen LogP contribution in [0.15, 0.2) is 24.5 Å². The molecule has 5 heteroatoms. The Bertz CT molecular complexity index is 601. The van der Waals surface area contributed by atoms with Crippen LogP contribution in [0.25, 0.3) is 5.65 Å². The highest BCUT2D eigenvalue weighted by Gasteiger charge is 2.38. The van der Waals surface area contributed by atoms with E-state index in [4.69, 9.17) is 11.6 Å². The Morgan fingerprint density at radius 2 is 2.15 bits per heavy atom. The second-order valence-electron chi connectivity index (χ2n) is 5.92. The molecule has 2 aromatic rings. The Hall–Kier alpha value is -1.10. The zero-order chi connectivity index (χ0) is 14.2. The van der Waals surface area contributed by atoms with Crippen LogP contribution in [0.3, 0.4) is 0 Å². The Balaban J connectivity index is 1.62. The monoisotopic (exact) mass is 292 g/mol. The van der Waals surface area contributed by atoms with Gasteiger partial charge in [0.2, 0.25) is 0 Å². The van der Waals surface area contributed by atoms with Crippen molar-refractivity contribution in [2.45, 2.75) is 31.3 Å². The van der Waals surface area contributed by atoms with Gasteiger partial charge in [0.25, 0.3) is 0 Å². The molecule has 1 N–H and O–H groups in total. The normalized spacial score (nSPS) is 17.6. The Labute approximate surface area is 124 Å². The molecule has 0 saturated heterocycles. The molecule has 3 rings (SSSR count). The minimum absolute atomic E-state index is 0.350. The molecule has 1 aliphatic rings. The molecule has 0 unspecified atom stereocenters. The van der Waals surface area contributed by atoms with Crippen LogP contribution in [-0.4, -0.2) is 40.5 Å².